The molecule has 0 aliphatic carbocycles. The minimum atomic E-state index is 0. The zero-order valence-electron chi connectivity index (χ0n) is 10.6. The lowest BCUT2D eigenvalue weighted by atomic mass is 10.3. The van der Waals surface area contributed by atoms with Gasteiger partial charge in [0.1, 0.15) is 4.70 Å². The van der Waals surface area contributed by atoms with Crippen molar-refractivity contribution in [2.75, 3.05) is 13.1 Å². The molecule has 1 aromatic heterocycles. The molecule has 2 aromatic rings. The van der Waals surface area contributed by atoms with Crippen LogP contribution in [0, 0.1) is 0 Å². The Morgan fingerprint density at radius 3 is 2.61 bits per heavy atom. The van der Waals surface area contributed by atoms with E-state index in [1.165, 1.54) is 4.70 Å². The Balaban J connectivity index is 0.00000162. The lowest BCUT2D eigenvalue weighted by Gasteiger charge is -2.16. The van der Waals surface area contributed by atoms with Gasteiger partial charge in [-0.15, -0.1) is 17.0 Å². The first-order valence-electron chi connectivity index (χ1n) is 5.89. The van der Waals surface area contributed by atoms with Gasteiger partial charge in [-0.3, -0.25) is 4.79 Å². The molecule has 0 saturated carbocycles. The fraction of sp³-hybridized carbons (Fsp3) is 0.385. The van der Waals surface area contributed by atoms with E-state index >= 15 is 0 Å². The molecule has 0 saturated heterocycles. The van der Waals surface area contributed by atoms with Gasteiger partial charge in [0.15, 0.2) is 0 Å². The van der Waals surface area contributed by atoms with Crippen LogP contribution in [0.15, 0.2) is 29.8 Å². The summed E-state index contributed by atoms with van der Waals surface area (Å²) in [6.45, 7) is 6.01. The Morgan fingerprint density at radius 2 is 1.94 bits per heavy atom. The van der Waals surface area contributed by atoms with E-state index in [0.717, 1.165) is 18.6 Å². The molecule has 1 heterocycles. The average Bonchev–Trinajstić information content (AvgIpc) is 2.74. The summed E-state index contributed by atoms with van der Waals surface area (Å²) >= 11 is 1.68. The van der Waals surface area contributed by atoms with E-state index in [4.69, 9.17) is 0 Å². The van der Waals surface area contributed by atoms with Gasteiger partial charge in [0.2, 0.25) is 17.6 Å². The van der Waals surface area contributed by atoms with E-state index in [9.17, 15) is 4.79 Å². The van der Waals surface area contributed by atoms with Crippen LogP contribution in [0.1, 0.15) is 13.8 Å². The zero-order chi connectivity index (χ0) is 12.3. The highest BCUT2D eigenvalue weighted by Crippen LogP contribution is 2.14. The lowest BCUT2D eigenvalue weighted by Crippen LogP contribution is -2.43. The highest BCUT2D eigenvalue weighted by Gasteiger charge is 2.18. The van der Waals surface area contributed by atoms with Crippen molar-refractivity contribution in [1.29, 1.82) is 0 Å². The number of hydrogen-bond donors (Lipinski definition) is 0. The predicted molar refractivity (Wildman–Crippen MR) is 80.3 cm³/mol. The van der Waals surface area contributed by atoms with Crippen LogP contribution < -0.4 is 4.57 Å². The number of amides is 1. The third-order valence-electron chi connectivity index (χ3n) is 2.90. The smallest absolute Gasteiger partial charge is 0.288 e. The minimum absolute atomic E-state index is 0. The molecule has 18 heavy (non-hydrogen) atoms. The quantitative estimate of drug-likeness (QED) is 0.791. The first-order valence-corrected chi connectivity index (χ1v) is 6.77. The Hall–Kier alpha value is -0.940. The SMILES string of the molecule is Br.CCN(CC)C(=O)C[n+]1csc2ccccc21. The van der Waals surface area contributed by atoms with Crippen molar-refractivity contribution in [2.24, 2.45) is 0 Å². The molecular formula is C13H18BrN2OS+. The fourth-order valence-corrected chi connectivity index (χ4v) is 2.81. The van der Waals surface area contributed by atoms with Gasteiger partial charge in [0.05, 0.1) is 0 Å². The molecular weight excluding hydrogens is 312 g/mol. The number of aromatic nitrogens is 1. The number of likely N-dealkylation sites (N-methyl/N-ethyl adjacent to an activating group) is 1. The largest absolute Gasteiger partial charge is 0.338 e. The number of benzene rings is 1. The summed E-state index contributed by atoms with van der Waals surface area (Å²) in [6, 6.07) is 8.17. The normalized spacial score (nSPS) is 10.1. The van der Waals surface area contributed by atoms with E-state index in [-0.39, 0.29) is 22.9 Å². The van der Waals surface area contributed by atoms with E-state index in [1.54, 1.807) is 11.3 Å². The molecule has 0 bridgehead atoms. The second-order valence-electron chi connectivity index (χ2n) is 3.88. The summed E-state index contributed by atoms with van der Waals surface area (Å²) in [5, 5.41) is 0. The molecule has 0 radical (unpaired) electrons. The van der Waals surface area contributed by atoms with Gasteiger partial charge in [-0.1, -0.05) is 23.5 Å². The summed E-state index contributed by atoms with van der Waals surface area (Å²) in [7, 11) is 0. The molecule has 98 valence electrons. The van der Waals surface area contributed by atoms with E-state index in [1.807, 2.05) is 41.0 Å². The van der Waals surface area contributed by atoms with Crippen molar-refractivity contribution in [2.45, 2.75) is 20.4 Å². The third kappa shape index (κ3) is 3.09. The third-order valence-corrected chi connectivity index (χ3v) is 3.86. The number of para-hydroxylation sites is 1. The summed E-state index contributed by atoms with van der Waals surface area (Å²) in [4.78, 5) is 13.9. The second-order valence-corrected chi connectivity index (χ2v) is 4.77. The number of carbonyl (C=O) groups excluding carboxylic acids is 1. The van der Waals surface area contributed by atoms with Crippen LogP contribution in [0.3, 0.4) is 0 Å². The number of carbonyl (C=O) groups is 1. The molecule has 1 amide bonds. The molecule has 0 aliphatic heterocycles. The van der Waals surface area contributed by atoms with Crippen molar-refractivity contribution >= 4 is 44.4 Å². The number of rotatable bonds is 4. The van der Waals surface area contributed by atoms with Crippen LogP contribution in [0.5, 0.6) is 0 Å². The first kappa shape index (κ1) is 15.1. The molecule has 0 N–H and O–H groups in total. The fourth-order valence-electron chi connectivity index (χ4n) is 1.92. The molecule has 3 nitrogen and oxygen atoms in total. The van der Waals surface area contributed by atoms with Crippen LogP contribution in [-0.2, 0) is 11.3 Å². The van der Waals surface area contributed by atoms with Crippen LogP contribution in [0.2, 0.25) is 0 Å². The number of hydrogen-bond acceptors (Lipinski definition) is 2. The number of halogens is 1. The molecule has 5 heteroatoms. The summed E-state index contributed by atoms with van der Waals surface area (Å²) < 4.78 is 3.25. The number of thiazole rings is 1. The maximum Gasteiger partial charge on any atom is 0.288 e. The van der Waals surface area contributed by atoms with Crippen LogP contribution in [0.4, 0.5) is 0 Å². The van der Waals surface area contributed by atoms with Crippen molar-refractivity contribution in [3.05, 3.63) is 29.8 Å². The molecule has 0 unspecified atom stereocenters. The maximum absolute atomic E-state index is 12.0. The summed E-state index contributed by atoms with van der Waals surface area (Å²) in [5.41, 5.74) is 3.16. The predicted octanol–water partition coefficient (Wildman–Crippen LogP) is 2.64. The van der Waals surface area contributed by atoms with Crippen molar-refractivity contribution in [3.8, 4) is 0 Å². The van der Waals surface area contributed by atoms with Gasteiger partial charge in [0.25, 0.3) is 5.91 Å². The van der Waals surface area contributed by atoms with Crippen molar-refractivity contribution in [3.63, 3.8) is 0 Å². The van der Waals surface area contributed by atoms with Gasteiger partial charge in [-0.2, -0.15) is 4.57 Å². The van der Waals surface area contributed by atoms with E-state index in [2.05, 4.69) is 12.1 Å². The topological polar surface area (TPSA) is 24.2 Å². The van der Waals surface area contributed by atoms with Gasteiger partial charge >= 0.3 is 0 Å². The maximum atomic E-state index is 12.0. The monoisotopic (exact) mass is 329 g/mol. The highest BCUT2D eigenvalue weighted by molar-refractivity contribution is 8.93. The van der Waals surface area contributed by atoms with Crippen LogP contribution in [0.25, 0.3) is 10.2 Å². The number of fused-ring (bicyclic) bond motifs is 1. The Labute approximate surface area is 122 Å². The Kier molecular flexibility index (Phi) is 5.75. The minimum Gasteiger partial charge on any atom is -0.338 e. The first-order chi connectivity index (χ1) is 8.26. The van der Waals surface area contributed by atoms with E-state index in [0.29, 0.717) is 6.54 Å². The lowest BCUT2D eigenvalue weighted by molar-refractivity contribution is -0.654. The summed E-state index contributed by atoms with van der Waals surface area (Å²) in [5.74, 6) is 0.184. The summed E-state index contributed by atoms with van der Waals surface area (Å²) in [6.07, 6.45) is 0. The van der Waals surface area contributed by atoms with Crippen LogP contribution in [-0.4, -0.2) is 23.9 Å². The molecule has 2 rings (SSSR count). The zero-order valence-corrected chi connectivity index (χ0v) is 13.2. The molecule has 0 atom stereocenters. The van der Waals surface area contributed by atoms with Gasteiger partial charge < -0.3 is 4.90 Å². The highest BCUT2D eigenvalue weighted by atomic mass is 79.9. The van der Waals surface area contributed by atoms with Gasteiger partial charge in [0, 0.05) is 19.2 Å². The molecule has 0 spiro atoms. The molecule has 1 aromatic carbocycles. The number of nitrogens with zero attached hydrogens (tertiary/aromatic N) is 2. The standard InChI is InChI=1S/C13H17N2OS.BrH/c1-3-14(4-2)13(16)9-15-10-17-12-8-6-5-7-11(12)15;/h5-8,10H,3-4,9H2,1-2H3;1H/q+1;. The Morgan fingerprint density at radius 1 is 1.28 bits per heavy atom. The van der Waals surface area contributed by atoms with Crippen LogP contribution >= 0.6 is 28.3 Å². The van der Waals surface area contributed by atoms with E-state index < -0.39 is 0 Å². The molecule has 0 aliphatic rings. The second kappa shape index (κ2) is 6.85. The molecule has 0 fully saturated rings. The Bertz CT molecular complexity index is 522. The van der Waals surface area contributed by atoms with Gasteiger partial charge in [-0.05, 0) is 19.9 Å². The van der Waals surface area contributed by atoms with Crippen molar-refractivity contribution < 1.29 is 9.36 Å². The average molecular weight is 330 g/mol. The van der Waals surface area contributed by atoms with Crippen molar-refractivity contribution in [1.82, 2.24) is 4.90 Å². The van der Waals surface area contributed by atoms with Gasteiger partial charge in [-0.25, -0.2) is 0 Å².